The summed E-state index contributed by atoms with van der Waals surface area (Å²) >= 11 is 0. The van der Waals surface area contributed by atoms with Crippen LogP contribution in [0.2, 0.25) is 0 Å². The summed E-state index contributed by atoms with van der Waals surface area (Å²) in [4.78, 5) is 16.8. The summed E-state index contributed by atoms with van der Waals surface area (Å²) in [5.74, 6) is 1.86. The molecule has 1 aliphatic rings. The molecule has 1 amide bonds. The highest BCUT2D eigenvalue weighted by Crippen LogP contribution is 2.34. The second-order valence-electron chi connectivity index (χ2n) is 6.08. The zero-order chi connectivity index (χ0) is 17.1. The molecule has 6 nitrogen and oxygen atoms in total. The number of benzene rings is 1. The van der Waals surface area contributed by atoms with Crippen LogP contribution >= 0.6 is 0 Å². The fourth-order valence-electron chi connectivity index (χ4n) is 2.76. The number of nitrogens with one attached hydrogen (secondary N) is 1. The van der Waals surface area contributed by atoms with Crippen molar-refractivity contribution in [3.63, 3.8) is 0 Å². The van der Waals surface area contributed by atoms with Crippen LogP contribution in [0.15, 0.2) is 28.7 Å². The average molecular weight is 330 g/mol. The van der Waals surface area contributed by atoms with Gasteiger partial charge < -0.3 is 19.6 Å². The molecule has 1 heterocycles. The molecule has 2 aromatic rings. The molecule has 1 saturated carbocycles. The van der Waals surface area contributed by atoms with Gasteiger partial charge in [0.15, 0.2) is 5.69 Å². The number of methoxy groups -OCH3 is 1. The Morgan fingerprint density at radius 3 is 2.71 bits per heavy atom. The zero-order valence-corrected chi connectivity index (χ0v) is 13.9. The lowest BCUT2D eigenvalue weighted by Gasteiger charge is -2.16. The summed E-state index contributed by atoms with van der Waals surface area (Å²) in [6.45, 7) is 1.80. The number of aliphatic hydroxyl groups excluding tert-OH is 1. The Kier molecular flexibility index (Phi) is 4.85. The van der Waals surface area contributed by atoms with Gasteiger partial charge in [-0.05, 0) is 56.4 Å². The molecule has 1 unspecified atom stereocenters. The number of amides is 1. The van der Waals surface area contributed by atoms with E-state index in [9.17, 15) is 4.79 Å². The number of aromatic nitrogens is 1. The maximum atomic E-state index is 12.5. The lowest BCUT2D eigenvalue weighted by molar-refractivity contribution is 0.0918. The molecule has 1 aliphatic carbocycles. The Morgan fingerprint density at radius 1 is 1.42 bits per heavy atom. The van der Waals surface area contributed by atoms with Gasteiger partial charge in [-0.3, -0.25) is 4.79 Å². The molecule has 1 aromatic heterocycles. The van der Waals surface area contributed by atoms with E-state index in [-0.39, 0.29) is 18.6 Å². The number of ether oxygens (including phenoxy) is 1. The topological polar surface area (TPSA) is 84.6 Å². The van der Waals surface area contributed by atoms with Crippen LogP contribution in [0.3, 0.4) is 0 Å². The van der Waals surface area contributed by atoms with E-state index in [1.165, 1.54) is 0 Å². The molecule has 0 saturated heterocycles. The van der Waals surface area contributed by atoms with Crippen molar-refractivity contribution in [3.05, 3.63) is 35.7 Å². The molecule has 0 radical (unpaired) electrons. The van der Waals surface area contributed by atoms with Crippen LogP contribution in [-0.2, 0) is 0 Å². The fraction of sp³-hybridized carbons (Fsp3) is 0.444. The first-order valence-electron chi connectivity index (χ1n) is 8.16. The summed E-state index contributed by atoms with van der Waals surface area (Å²) in [6.07, 6.45) is 2.76. The van der Waals surface area contributed by atoms with Crippen molar-refractivity contribution in [2.75, 3.05) is 13.7 Å². The Balaban J connectivity index is 1.76. The smallest absolute Gasteiger partial charge is 0.273 e. The van der Waals surface area contributed by atoms with Crippen LogP contribution in [0.5, 0.6) is 5.75 Å². The van der Waals surface area contributed by atoms with E-state index in [1.807, 2.05) is 24.3 Å². The molecular formula is C18H22N2O4. The highest BCUT2D eigenvalue weighted by molar-refractivity contribution is 5.93. The first kappa shape index (κ1) is 16.5. The van der Waals surface area contributed by atoms with Gasteiger partial charge in [0.05, 0.1) is 7.11 Å². The van der Waals surface area contributed by atoms with E-state index >= 15 is 0 Å². The number of carbonyl (C=O) groups excluding carboxylic acids is 1. The first-order valence-corrected chi connectivity index (χ1v) is 8.16. The highest BCUT2D eigenvalue weighted by Gasteiger charge is 2.33. The minimum Gasteiger partial charge on any atom is -0.497 e. The summed E-state index contributed by atoms with van der Waals surface area (Å²) in [6, 6.07) is 7.32. The van der Waals surface area contributed by atoms with Crippen LogP contribution in [0.4, 0.5) is 0 Å². The third-order valence-corrected chi connectivity index (χ3v) is 4.30. The van der Waals surface area contributed by atoms with E-state index in [4.69, 9.17) is 14.3 Å². The second-order valence-corrected chi connectivity index (χ2v) is 6.08. The van der Waals surface area contributed by atoms with Gasteiger partial charge in [-0.2, -0.15) is 0 Å². The van der Waals surface area contributed by atoms with Crippen LogP contribution < -0.4 is 10.1 Å². The maximum absolute atomic E-state index is 12.5. The van der Waals surface area contributed by atoms with Gasteiger partial charge in [0.1, 0.15) is 11.5 Å². The molecule has 1 atom stereocenters. The number of aliphatic hydroxyl groups is 1. The number of hydrogen-bond donors (Lipinski definition) is 2. The number of hydrogen-bond acceptors (Lipinski definition) is 5. The summed E-state index contributed by atoms with van der Waals surface area (Å²) < 4.78 is 10.8. The Labute approximate surface area is 140 Å². The van der Waals surface area contributed by atoms with Crippen molar-refractivity contribution in [1.82, 2.24) is 10.3 Å². The minimum absolute atomic E-state index is 0.00281. The Bertz CT molecular complexity index is 704. The first-order chi connectivity index (χ1) is 11.6. The molecule has 3 rings (SSSR count). The van der Waals surface area contributed by atoms with Crippen LogP contribution in [0.25, 0.3) is 11.5 Å². The Hall–Kier alpha value is -2.34. The third-order valence-electron chi connectivity index (χ3n) is 4.30. The second kappa shape index (κ2) is 7.05. The average Bonchev–Trinajstić information content (AvgIpc) is 3.36. The van der Waals surface area contributed by atoms with Crippen LogP contribution in [-0.4, -0.2) is 35.8 Å². The van der Waals surface area contributed by atoms with E-state index in [2.05, 4.69) is 10.3 Å². The molecule has 1 aromatic carbocycles. The zero-order valence-electron chi connectivity index (χ0n) is 13.9. The lowest BCUT2D eigenvalue weighted by atomic mass is 10.1. The summed E-state index contributed by atoms with van der Waals surface area (Å²) in [5.41, 5.74) is 1.08. The minimum atomic E-state index is -0.249. The number of nitrogens with zero attached hydrogens (tertiary/aromatic N) is 1. The molecule has 2 N–H and O–H groups in total. The fourth-order valence-corrected chi connectivity index (χ4v) is 2.76. The number of oxazole rings is 1. The van der Waals surface area contributed by atoms with Gasteiger partial charge >= 0.3 is 0 Å². The van der Waals surface area contributed by atoms with E-state index in [0.29, 0.717) is 29.7 Å². The summed E-state index contributed by atoms with van der Waals surface area (Å²) in [5, 5.41) is 12.1. The van der Waals surface area contributed by atoms with Gasteiger partial charge in [0, 0.05) is 18.2 Å². The summed E-state index contributed by atoms with van der Waals surface area (Å²) in [7, 11) is 1.61. The van der Waals surface area contributed by atoms with Gasteiger partial charge in [-0.1, -0.05) is 0 Å². The molecule has 1 fully saturated rings. The quantitative estimate of drug-likeness (QED) is 0.815. The molecular weight excluding hydrogens is 308 g/mol. The van der Waals surface area contributed by atoms with Crippen molar-refractivity contribution in [3.8, 4) is 17.2 Å². The normalized spacial score (nSPS) is 15.1. The molecule has 128 valence electrons. The van der Waals surface area contributed by atoms with Crippen molar-refractivity contribution in [2.45, 2.75) is 32.2 Å². The van der Waals surface area contributed by atoms with Gasteiger partial charge in [0.2, 0.25) is 5.89 Å². The van der Waals surface area contributed by atoms with E-state index in [1.54, 1.807) is 14.0 Å². The molecule has 0 spiro atoms. The SMILES string of the molecule is COc1ccc(-c2nc(C(=O)NC(CCO)C3CC3)c(C)o2)cc1. The number of aryl methyl sites for hydroxylation is 1. The van der Waals surface area contributed by atoms with E-state index in [0.717, 1.165) is 24.2 Å². The third kappa shape index (κ3) is 3.59. The predicted octanol–water partition coefficient (Wildman–Crippen LogP) is 2.55. The van der Waals surface area contributed by atoms with Gasteiger partial charge in [0.25, 0.3) is 5.91 Å². The highest BCUT2D eigenvalue weighted by atomic mass is 16.5. The van der Waals surface area contributed by atoms with E-state index < -0.39 is 0 Å². The molecule has 24 heavy (non-hydrogen) atoms. The maximum Gasteiger partial charge on any atom is 0.273 e. The molecule has 0 bridgehead atoms. The van der Waals surface area contributed by atoms with Gasteiger partial charge in [-0.25, -0.2) is 4.98 Å². The molecule has 0 aliphatic heterocycles. The van der Waals surface area contributed by atoms with Crippen molar-refractivity contribution >= 4 is 5.91 Å². The monoisotopic (exact) mass is 330 g/mol. The Morgan fingerprint density at radius 2 is 2.12 bits per heavy atom. The van der Waals surface area contributed by atoms with Crippen molar-refractivity contribution in [1.29, 1.82) is 0 Å². The number of rotatable bonds is 7. The predicted molar refractivity (Wildman–Crippen MR) is 88.9 cm³/mol. The van der Waals surface area contributed by atoms with Crippen LogP contribution in [0, 0.1) is 12.8 Å². The van der Waals surface area contributed by atoms with Crippen molar-refractivity contribution < 1.29 is 19.1 Å². The lowest BCUT2D eigenvalue weighted by Crippen LogP contribution is -2.37. The largest absolute Gasteiger partial charge is 0.497 e. The molecule has 6 heteroatoms. The number of carbonyl (C=O) groups is 1. The van der Waals surface area contributed by atoms with Crippen LogP contribution in [0.1, 0.15) is 35.5 Å². The standard InChI is InChI=1S/C18H22N2O4/c1-11-16(17(22)19-15(9-10-21)12-3-4-12)20-18(24-11)13-5-7-14(23-2)8-6-13/h5-8,12,15,21H,3-4,9-10H2,1-2H3,(H,19,22). The van der Waals surface area contributed by atoms with Gasteiger partial charge in [-0.15, -0.1) is 0 Å². The van der Waals surface area contributed by atoms with Crippen molar-refractivity contribution in [2.24, 2.45) is 5.92 Å².